The van der Waals surface area contributed by atoms with Gasteiger partial charge in [0.15, 0.2) is 0 Å². The van der Waals surface area contributed by atoms with E-state index in [9.17, 15) is 4.79 Å². The largest absolute Gasteiger partial charge is 0.453 e. The van der Waals surface area contributed by atoms with Crippen molar-refractivity contribution in [3.05, 3.63) is 18.2 Å². The second kappa shape index (κ2) is 7.00. The summed E-state index contributed by atoms with van der Waals surface area (Å²) < 4.78 is 9.87. The van der Waals surface area contributed by atoms with E-state index in [0.717, 1.165) is 38.3 Å². The van der Waals surface area contributed by atoms with Crippen molar-refractivity contribution in [1.29, 1.82) is 0 Å². The van der Waals surface area contributed by atoms with Crippen LogP contribution in [0.3, 0.4) is 0 Å². The summed E-state index contributed by atoms with van der Waals surface area (Å²) in [6.07, 6.45) is 1.65. The molecule has 0 unspecified atom stereocenters. The van der Waals surface area contributed by atoms with E-state index in [-0.39, 0.29) is 0 Å². The van der Waals surface area contributed by atoms with Gasteiger partial charge >= 0.3 is 6.09 Å². The van der Waals surface area contributed by atoms with Gasteiger partial charge in [-0.05, 0) is 37.0 Å². The van der Waals surface area contributed by atoms with Crippen molar-refractivity contribution in [2.75, 3.05) is 43.2 Å². The third-order valence-electron chi connectivity index (χ3n) is 3.41. The average Bonchev–Trinajstić information content (AvgIpc) is 2.47. The molecule has 0 aromatic heterocycles. The van der Waals surface area contributed by atoms with Gasteiger partial charge < -0.3 is 20.5 Å². The Morgan fingerprint density at radius 3 is 2.85 bits per heavy atom. The fourth-order valence-corrected chi connectivity index (χ4v) is 2.18. The molecule has 20 heavy (non-hydrogen) atoms. The van der Waals surface area contributed by atoms with Crippen LogP contribution >= 0.6 is 0 Å². The number of carbonyl (C=O) groups excluding carboxylic acids is 1. The number of rotatable bonds is 4. The molecule has 4 N–H and O–H groups in total. The quantitative estimate of drug-likeness (QED) is 0.736. The molecule has 1 amide bonds. The Kier molecular flexibility index (Phi) is 5.06. The Hall–Kier alpha value is -1.95. The summed E-state index contributed by atoms with van der Waals surface area (Å²) in [5.41, 5.74) is 8.08. The lowest BCUT2D eigenvalue weighted by molar-refractivity contribution is 0.0699. The Morgan fingerprint density at radius 1 is 1.45 bits per heavy atom. The first-order chi connectivity index (χ1) is 9.69. The fraction of sp³-hybridized carbons (Fsp3) is 0.500. The van der Waals surface area contributed by atoms with Crippen molar-refractivity contribution in [3.8, 4) is 0 Å². The predicted molar refractivity (Wildman–Crippen MR) is 78.9 cm³/mol. The van der Waals surface area contributed by atoms with E-state index in [1.165, 1.54) is 7.11 Å². The number of hydrogen-bond donors (Lipinski definition) is 3. The van der Waals surface area contributed by atoms with Gasteiger partial charge in [0.2, 0.25) is 0 Å². The zero-order valence-corrected chi connectivity index (χ0v) is 11.6. The van der Waals surface area contributed by atoms with Gasteiger partial charge in [0, 0.05) is 25.4 Å². The van der Waals surface area contributed by atoms with Crippen LogP contribution in [0.15, 0.2) is 18.2 Å². The third-order valence-corrected chi connectivity index (χ3v) is 3.41. The number of amides is 1. The lowest BCUT2D eigenvalue weighted by Crippen LogP contribution is -2.23. The molecule has 0 bridgehead atoms. The number of hydrogen-bond acceptors (Lipinski definition) is 5. The molecule has 1 aliphatic rings. The Labute approximate surface area is 118 Å². The molecule has 6 nitrogen and oxygen atoms in total. The second-order valence-corrected chi connectivity index (χ2v) is 4.86. The summed E-state index contributed by atoms with van der Waals surface area (Å²) >= 11 is 0. The van der Waals surface area contributed by atoms with Crippen LogP contribution in [0.1, 0.15) is 12.8 Å². The summed E-state index contributed by atoms with van der Waals surface area (Å²) in [4.78, 5) is 11.1. The zero-order chi connectivity index (χ0) is 14.4. The van der Waals surface area contributed by atoms with Crippen LogP contribution in [0, 0.1) is 5.92 Å². The normalized spacial score (nSPS) is 15.7. The monoisotopic (exact) mass is 279 g/mol. The fourth-order valence-electron chi connectivity index (χ4n) is 2.18. The molecule has 1 aromatic carbocycles. The van der Waals surface area contributed by atoms with E-state index in [1.807, 2.05) is 6.07 Å². The number of ether oxygens (including phenoxy) is 2. The van der Waals surface area contributed by atoms with Gasteiger partial charge in [-0.3, -0.25) is 5.32 Å². The van der Waals surface area contributed by atoms with Crippen molar-refractivity contribution in [2.24, 2.45) is 5.92 Å². The maximum absolute atomic E-state index is 11.1. The first kappa shape index (κ1) is 14.5. The van der Waals surface area contributed by atoms with Gasteiger partial charge in [-0.15, -0.1) is 0 Å². The number of nitrogen functional groups attached to an aromatic ring is 1. The number of anilines is 3. The lowest BCUT2D eigenvalue weighted by Gasteiger charge is -2.23. The van der Waals surface area contributed by atoms with Gasteiger partial charge in [-0.1, -0.05) is 0 Å². The molecule has 0 aliphatic carbocycles. The van der Waals surface area contributed by atoms with Gasteiger partial charge in [-0.25, -0.2) is 4.79 Å². The van der Waals surface area contributed by atoms with E-state index in [2.05, 4.69) is 15.4 Å². The topological polar surface area (TPSA) is 85.6 Å². The molecule has 1 aliphatic heterocycles. The Morgan fingerprint density at radius 2 is 2.20 bits per heavy atom. The molecule has 6 heteroatoms. The van der Waals surface area contributed by atoms with Crippen LogP contribution in [0.2, 0.25) is 0 Å². The highest BCUT2D eigenvalue weighted by molar-refractivity contribution is 5.86. The van der Waals surface area contributed by atoms with E-state index in [4.69, 9.17) is 10.5 Å². The van der Waals surface area contributed by atoms with Crippen molar-refractivity contribution in [2.45, 2.75) is 12.8 Å². The van der Waals surface area contributed by atoms with Crippen LogP contribution in [-0.4, -0.2) is 33.0 Å². The summed E-state index contributed by atoms with van der Waals surface area (Å²) in [5.74, 6) is 0.621. The van der Waals surface area contributed by atoms with Crippen molar-refractivity contribution in [1.82, 2.24) is 0 Å². The van der Waals surface area contributed by atoms with Crippen molar-refractivity contribution < 1.29 is 14.3 Å². The van der Waals surface area contributed by atoms with E-state index < -0.39 is 6.09 Å². The summed E-state index contributed by atoms with van der Waals surface area (Å²) in [7, 11) is 1.32. The molecule has 1 aromatic rings. The van der Waals surface area contributed by atoms with E-state index in [0.29, 0.717) is 17.3 Å². The minimum absolute atomic E-state index is 0.507. The van der Waals surface area contributed by atoms with Crippen LogP contribution in [0.4, 0.5) is 21.9 Å². The molecule has 1 saturated heterocycles. The number of carbonyl (C=O) groups is 1. The molecule has 0 radical (unpaired) electrons. The Bertz CT molecular complexity index is 459. The standard InChI is InChI=1S/C14H21N3O3/c1-19-14(18)17-11-2-3-13(12(15)8-11)16-9-10-4-6-20-7-5-10/h2-3,8,10,16H,4-7,9,15H2,1H3,(H,17,18). The maximum atomic E-state index is 11.1. The van der Waals surface area contributed by atoms with Crippen LogP contribution < -0.4 is 16.4 Å². The van der Waals surface area contributed by atoms with Crippen LogP contribution in [0.5, 0.6) is 0 Å². The molecule has 0 atom stereocenters. The maximum Gasteiger partial charge on any atom is 0.411 e. The second-order valence-electron chi connectivity index (χ2n) is 4.86. The average molecular weight is 279 g/mol. The van der Waals surface area contributed by atoms with E-state index in [1.54, 1.807) is 12.1 Å². The first-order valence-corrected chi connectivity index (χ1v) is 6.75. The minimum atomic E-state index is -0.507. The van der Waals surface area contributed by atoms with Crippen LogP contribution in [-0.2, 0) is 9.47 Å². The Balaban J connectivity index is 1.90. The highest BCUT2D eigenvalue weighted by Gasteiger charge is 2.13. The summed E-state index contributed by atoms with van der Waals surface area (Å²) in [5, 5.41) is 5.93. The van der Waals surface area contributed by atoms with Crippen molar-refractivity contribution in [3.63, 3.8) is 0 Å². The number of nitrogens with one attached hydrogen (secondary N) is 2. The van der Waals surface area contributed by atoms with Gasteiger partial charge in [-0.2, -0.15) is 0 Å². The minimum Gasteiger partial charge on any atom is -0.453 e. The van der Waals surface area contributed by atoms with E-state index >= 15 is 0 Å². The van der Waals surface area contributed by atoms with Crippen LogP contribution in [0.25, 0.3) is 0 Å². The molecule has 110 valence electrons. The lowest BCUT2D eigenvalue weighted by atomic mass is 10.0. The number of nitrogens with two attached hydrogens (primary N) is 1. The molecule has 1 heterocycles. The molecule has 1 fully saturated rings. The smallest absolute Gasteiger partial charge is 0.411 e. The highest BCUT2D eigenvalue weighted by Crippen LogP contribution is 2.24. The molecular weight excluding hydrogens is 258 g/mol. The molecule has 0 saturated carbocycles. The van der Waals surface area contributed by atoms with Gasteiger partial charge in [0.25, 0.3) is 0 Å². The summed E-state index contributed by atoms with van der Waals surface area (Å²) in [6, 6.07) is 5.36. The molecular formula is C14H21N3O3. The zero-order valence-electron chi connectivity index (χ0n) is 11.6. The highest BCUT2D eigenvalue weighted by atomic mass is 16.5. The number of benzene rings is 1. The van der Waals surface area contributed by atoms with Gasteiger partial charge in [0.05, 0.1) is 18.5 Å². The first-order valence-electron chi connectivity index (χ1n) is 6.75. The van der Waals surface area contributed by atoms with Crippen molar-refractivity contribution >= 4 is 23.2 Å². The predicted octanol–water partition coefficient (Wildman–Crippen LogP) is 2.29. The molecule has 2 rings (SSSR count). The third kappa shape index (κ3) is 4.03. The number of methoxy groups -OCH3 is 1. The summed E-state index contributed by atoms with van der Waals surface area (Å²) in [6.45, 7) is 2.56. The SMILES string of the molecule is COC(=O)Nc1ccc(NCC2CCOCC2)c(N)c1. The van der Waals surface area contributed by atoms with Gasteiger partial charge in [0.1, 0.15) is 0 Å². The molecule has 0 spiro atoms.